The van der Waals surface area contributed by atoms with E-state index in [0.717, 1.165) is 31.5 Å². The summed E-state index contributed by atoms with van der Waals surface area (Å²) < 4.78 is 16.0. The minimum Gasteiger partial charge on any atom is -0.292 e. The number of Topliss-reactive ketones (excluding diaryl/α,β-unsaturated/α-hetero) is 1. The molecule has 0 spiro atoms. The van der Waals surface area contributed by atoms with Crippen molar-refractivity contribution in [3.8, 4) is 0 Å². The number of aryl methyl sites for hydroxylation is 1. The van der Waals surface area contributed by atoms with E-state index in [1.165, 1.54) is 28.9 Å². The van der Waals surface area contributed by atoms with Crippen LogP contribution in [0.2, 0.25) is 0 Å². The maximum atomic E-state index is 13.1. The van der Waals surface area contributed by atoms with E-state index >= 15 is 0 Å². The van der Waals surface area contributed by atoms with Crippen molar-refractivity contribution in [3.63, 3.8) is 0 Å². The first-order valence-corrected chi connectivity index (χ1v) is 7.10. The lowest BCUT2D eigenvalue weighted by Crippen LogP contribution is -2.28. The van der Waals surface area contributed by atoms with Crippen molar-refractivity contribution in [2.24, 2.45) is 0 Å². The van der Waals surface area contributed by atoms with Crippen LogP contribution in [0.25, 0.3) is 0 Å². The second-order valence-corrected chi connectivity index (χ2v) is 5.25. The number of benzene rings is 1. The molecule has 2 aromatic rings. The predicted octanol–water partition coefficient (Wildman–Crippen LogP) is 1.79. The van der Waals surface area contributed by atoms with Gasteiger partial charge in [-0.25, -0.2) is 13.9 Å². The zero-order valence-corrected chi connectivity index (χ0v) is 11.6. The molecule has 0 atom stereocenters. The third-order valence-corrected chi connectivity index (χ3v) is 3.72. The van der Waals surface area contributed by atoms with Gasteiger partial charge in [-0.3, -0.25) is 9.36 Å². The summed E-state index contributed by atoms with van der Waals surface area (Å²) in [5.41, 5.74) is 0.00162. The molecule has 0 bridgehead atoms. The molecule has 110 valence electrons. The van der Waals surface area contributed by atoms with E-state index in [1.54, 1.807) is 4.57 Å². The number of hydrogen-bond donors (Lipinski definition) is 0. The topological polar surface area (TPSA) is 56.9 Å². The van der Waals surface area contributed by atoms with Crippen LogP contribution in [0.5, 0.6) is 0 Å². The van der Waals surface area contributed by atoms with Crippen molar-refractivity contribution in [2.45, 2.75) is 38.8 Å². The molecule has 1 aliphatic rings. The Morgan fingerprint density at radius 1 is 1.29 bits per heavy atom. The lowest BCUT2D eigenvalue weighted by molar-refractivity contribution is 0.0965. The van der Waals surface area contributed by atoms with Crippen molar-refractivity contribution >= 4 is 5.78 Å². The van der Waals surface area contributed by atoms with Crippen molar-refractivity contribution in [1.82, 2.24) is 14.3 Å². The smallest absolute Gasteiger partial charge is 0.292 e. The third kappa shape index (κ3) is 2.79. The minimum atomic E-state index is -0.464. The van der Waals surface area contributed by atoms with Crippen LogP contribution in [0, 0.1) is 5.82 Å². The molecular formula is C15H16FN3O2. The zero-order valence-electron chi connectivity index (χ0n) is 11.6. The van der Waals surface area contributed by atoms with E-state index < -0.39 is 5.82 Å². The Morgan fingerprint density at radius 2 is 2.14 bits per heavy atom. The summed E-state index contributed by atoms with van der Waals surface area (Å²) in [4.78, 5) is 24.4. The van der Waals surface area contributed by atoms with Gasteiger partial charge in [0.2, 0.25) is 0 Å². The average molecular weight is 289 g/mol. The molecule has 1 aromatic carbocycles. The van der Waals surface area contributed by atoms with Crippen LogP contribution in [0.3, 0.4) is 0 Å². The first-order chi connectivity index (χ1) is 10.1. The standard InChI is InChI=1S/C15H16FN3O2/c16-12-6-4-5-11(9-12)13(20)10-19-15(21)18-8-3-1-2-7-14(18)17-19/h4-6,9H,1-3,7-8,10H2. The first kappa shape index (κ1) is 13.7. The highest BCUT2D eigenvalue weighted by Gasteiger charge is 2.17. The fraction of sp³-hybridized carbons (Fsp3) is 0.400. The Kier molecular flexibility index (Phi) is 3.68. The normalized spacial score (nSPS) is 14.5. The summed E-state index contributed by atoms with van der Waals surface area (Å²) in [5, 5.41) is 4.25. The Labute approximate surface area is 121 Å². The van der Waals surface area contributed by atoms with Crippen LogP contribution in [0.15, 0.2) is 29.1 Å². The monoisotopic (exact) mass is 289 g/mol. The molecule has 0 unspecified atom stereocenters. The fourth-order valence-corrected chi connectivity index (χ4v) is 2.62. The molecule has 0 fully saturated rings. The summed E-state index contributed by atoms with van der Waals surface area (Å²) in [7, 11) is 0. The maximum absolute atomic E-state index is 13.1. The Balaban J connectivity index is 1.85. The van der Waals surface area contributed by atoms with Gasteiger partial charge in [0, 0.05) is 18.5 Å². The highest BCUT2D eigenvalue weighted by molar-refractivity contribution is 5.95. The molecule has 21 heavy (non-hydrogen) atoms. The molecule has 1 aliphatic heterocycles. The van der Waals surface area contributed by atoms with Gasteiger partial charge in [-0.05, 0) is 25.0 Å². The molecule has 0 amide bonds. The number of fused-ring (bicyclic) bond motifs is 1. The van der Waals surface area contributed by atoms with Gasteiger partial charge in [-0.15, -0.1) is 0 Å². The summed E-state index contributed by atoms with van der Waals surface area (Å²) in [5.74, 6) is -0.0387. The number of halogens is 1. The predicted molar refractivity (Wildman–Crippen MR) is 74.8 cm³/mol. The van der Waals surface area contributed by atoms with Gasteiger partial charge in [-0.1, -0.05) is 18.6 Å². The second-order valence-electron chi connectivity index (χ2n) is 5.25. The van der Waals surface area contributed by atoms with Crippen molar-refractivity contribution in [2.75, 3.05) is 0 Å². The fourth-order valence-electron chi connectivity index (χ4n) is 2.62. The molecule has 0 saturated carbocycles. The van der Waals surface area contributed by atoms with Crippen LogP contribution in [-0.4, -0.2) is 20.1 Å². The van der Waals surface area contributed by atoms with E-state index in [0.29, 0.717) is 6.54 Å². The van der Waals surface area contributed by atoms with Crippen molar-refractivity contribution in [3.05, 3.63) is 52.0 Å². The molecule has 0 radical (unpaired) electrons. The summed E-state index contributed by atoms with van der Waals surface area (Å²) >= 11 is 0. The lowest BCUT2D eigenvalue weighted by Gasteiger charge is -2.01. The molecule has 1 aromatic heterocycles. The summed E-state index contributed by atoms with van der Waals surface area (Å²) in [6.45, 7) is 0.505. The quantitative estimate of drug-likeness (QED) is 0.809. The first-order valence-electron chi connectivity index (χ1n) is 7.10. The van der Waals surface area contributed by atoms with Crippen LogP contribution in [0.1, 0.15) is 35.4 Å². The van der Waals surface area contributed by atoms with E-state index in [-0.39, 0.29) is 23.6 Å². The Morgan fingerprint density at radius 3 is 2.95 bits per heavy atom. The van der Waals surface area contributed by atoms with Gasteiger partial charge in [-0.2, -0.15) is 5.10 Å². The van der Waals surface area contributed by atoms with Gasteiger partial charge >= 0.3 is 5.69 Å². The molecule has 2 heterocycles. The molecule has 5 nitrogen and oxygen atoms in total. The Hall–Kier alpha value is -2.24. The summed E-state index contributed by atoms with van der Waals surface area (Å²) in [6.07, 6.45) is 3.81. The number of carbonyl (C=O) groups is 1. The average Bonchev–Trinajstić information content (AvgIpc) is 2.66. The molecule has 0 saturated heterocycles. The van der Waals surface area contributed by atoms with Crippen molar-refractivity contribution in [1.29, 1.82) is 0 Å². The van der Waals surface area contributed by atoms with E-state index in [9.17, 15) is 14.0 Å². The number of ketones is 1. The van der Waals surface area contributed by atoms with Crippen molar-refractivity contribution < 1.29 is 9.18 Å². The highest BCUT2D eigenvalue weighted by atomic mass is 19.1. The SMILES string of the molecule is O=C(Cn1nc2n(c1=O)CCCCC2)c1cccc(F)c1. The van der Waals surface area contributed by atoms with E-state index in [1.807, 2.05) is 0 Å². The third-order valence-electron chi connectivity index (χ3n) is 3.72. The maximum Gasteiger partial charge on any atom is 0.346 e. The largest absolute Gasteiger partial charge is 0.346 e. The van der Waals surface area contributed by atoms with Crippen LogP contribution in [0.4, 0.5) is 4.39 Å². The number of rotatable bonds is 3. The number of nitrogens with zero attached hydrogens (tertiary/aromatic N) is 3. The second kappa shape index (κ2) is 5.63. The van der Waals surface area contributed by atoms with Gasteiger partial charge in [0.1, 0.15) is 18.2 Å². The highest BCUT2D eigenvalue weighted by Crippen LogP contribution is 2.11. The van der Waals surface area contributed by atoms with E-state index in [2.05, 4.69) is 5.10 Å². The zero-order chi connectivity index (χ0) is 14.8. The number of carbonyl (C=O) groups excluding carboxylic acids is 1. The van der Waals surface area contributed by atoms with E-state index in [4.69, 9.17) is 0 Å². The van der Waals surface area contributed by atoms with Gasteiger partial charge in [0.25, 0.3) is 0 Å². The minimum absolute atomic E-state index is 0.151. The molecule has 0 N–H and O–H groups in total. The molecule has 3 rings (SSSR count). The summed E-state index contributed by atoms with van der Waals surface area (Å²) in [6, 6.07) is 5.47. The van der Waals surface area contributed by atoms with Gasteiger partial charge < -0.3 is 0 Å². The lowest BCUT2D eigenvalue weighted by atomic mass is 10.1. The van der Waals surface area contributed by atoms with Crippen LogP contribution in [-0.2, 0) is 19.5 Å². The van der Waals surface area contributed by atoms with Gasteiger partial charge in [0.15, 0.2) is 5.78 Å². The van der Waals surface area contributed by atoms with Crippen LogP contribution >= 0.6 is 0 Å². The molecule has 0 aliphatic carbocycles. The molecule has 6 heteroatoms. The molecular weight excluding hydrogens is 273 g/mol. The van der Waals surface area contributed by atoms with Crippen LogP contribution < -0.4 is 5.69 Å². The number of hydrogen-bond acceptors (Lipinski definition) is 3. The number of aromatic nitrogens is 3. The Bertz CT molecular complexity index is 733. The van der Waals surface area contributed by atoms with Gasteiger partial charge in [0.05, 0.1) is 0 Å².